The van der Waals surface area contributed by atoms with E-state index in [0.717, 1.165) is 29.5 Å². The zero-order chi connectivity index (χ0) is 23.4. The maximum atomic E-state index is 12.2. The van der Waals surface area contributed by atoms with Crippen LogP contribution in [0.4, 0.5) is 0 Å². The Morgan fingerprint density at radius 1 is 1.00 bits per heavy atom. The first-order valence-corrected chi connectivity index (χ1v) is 10.8. The van der Waals surface area contributed by atoms with Gasteiger partial charge in [0.25, 0.3) is 0 Å². The Kier molecular flexibility index (Phi) is 6.58. The quantitative estimate of drug-likeness (QED) is 0.249. The van der Waals surface area contributed by atoms with Gasteiger partial charge in [0, 0.05) is 36.6 Å². The summed E-state index contributed by atoms with van der Waals surface area (Å²) in [6, 6.07) is 9.26. The Morgan fingerprint density at radius 2 is 1.82 bits per heavy atom. The molecule has 0 aliphatic heterocycles. The number of methoxy groups -OCH3 is 1. The molecule has 0 aliphatic carbocycles. The molecule has 33 heavy (non-hydrogen) atoms. The van der Waals surface area contributed by atoms with Crippen molar-refractivity contribution in [2.24, 2.45) is 0 Å². The molecule has 0 radical (unpaired) electrons. The van der Waals surface area contributed by atoms with Crippen LogP contribution in [0.1, 0.15) is 34.8 Å². The summed E-state index contributed by atoms with van der Waals surface area (Å²) in [4.78, 5) is 20.7. The van der Waals surface area contributed by atoms with Crippen molar-refractivity contribution in [2.75, 3.05) is 13.7 Å². The molecule has 0 atom stereocenters. The molecule has 2 aromatic heterocycles. The number of carbonyl (C=O) groups excluding carboxylic acids is 1. The van der Waals surface area contributed by atoms with E-state index in [0.29, 0.717) is 40.7 Å². The number of hydrogen-bond acceptors (Lipinski definition) is 6. The predicted molar refractivity (Wildman–Crippen MR) is 127 cm³/mol. The zero-order valence-corrected chi connectivity index (χ0v) is 19.3. The lowest BCUT2D eigenvalue weighted by Gasteiger charge is -2.16. The minimum Gasteiger partial charge on any atom is -0.493 e. The Hall–Kier alpha value is -3.87. The van der Waals surface area contributed by atoms with E-state index in [2.05, 4.69) is 9.97 Å². The summed E-state index contributed by atoms with van der Waals surface area (Å²) in [5.74, 6) is 2.29. The summed E-state index contributed by atoms with van der Waals surface area (Å²) in [6.45, 7) is 6.87. The number of benzene rings is 2. The zero-order valence-electron chi connectivity index (χ0n) is 19.3. The number of carbonyl (C=O) groups is 1. The van der Waals surface area contributed by atoms with Crippen molar-refractivity contribution in [1.82, 2.24) is 14.5 Å². The van der Waals surface area contributed by atoms with E-state index in [-0.39, 0.29) is 5.78 Å². The average molecular weight is 446 g/mol. The molecule has 0 saturated carbocycles. The second-order valence-electron chi connectivity index (χ2n) is 7.92. The van der Waals surface area contributed by atoms with Gasteiger partial charge in [-0.05, 0) is 62.6 Å². The second-order valence-corrected chi connectivity index (χ2v) is 7.92. The molecule has 0 amide bonds. The first-order valence-electron chi connectivity index (χ1n) is 10.8. The van der Waals surface area contributed by atoms with Crippen LogP contribution in [0.2, 0.25) is 0 Å². The van der Waals surface area contributed by atoms with Gasteiger partial charge in [-0.3, -0.25) is 9.78 Å². The standard InChI is InChI=1S/C26H27N3O4/c1-17-12-20(19(3)30)24(13-18(17)2)33-23-6-7-28-22-15-26(25(31-4)14-21(22)23)32-11-5-9-29-10-8-27-16-29/h6-8,10,12-16H,5,9,11H2,1-4H3. The van der Waals surface area contributed by atoms with Crippen LogP contribution in [0, 0.1) is 13.8 Å². The second kappa shape index (κ2) is 9.73. The molecule has 2 heterocycles. The molecular formula is C26H27N3O4. The molecule has 0 aliphatic rings. The third kappa shape index (κ3) is 4.98. The molecule has 0 bridgehead atoms. The number of rotatable bonds is 9. The summed E-state index contributed by atoms with van der Waals surface area (Å²) < 4.78 is 19.8. The Bertz CT molecular complexity index is 1280. The first kappa shape index (κ1) is 22.3. The van der Waals surface area contributed by atoms with Crippen LogP contribution in [0.25, 0.3) is 10.9 Å². The molecule has 0 unspecified atom stereocenters. The lowest BCUT2D eigenvalue weighted by molar-refractivity contribution is 0.101. The Morgan fingerprint density at radius 3 is 2.55 bits per heavy atom. The number of ether oxygens (including phenoxy) is 3. The third-order valence-corrected chi connectivity index (χ3v) is 5.56. The average Bonchev–Trinajstić information content (AvgIpc) is 3.32. The van der Waals surface area contributed by atoms with Crippen molar-refractivity contribution in [3.05, 3.63) is 71.9 Å². The first-order chi connectivity index (χ1) is 16.0. The van der Waals surface area contributed by atoms with E-state index in [1.165, 1.54) is 0 Å². The molecular weight excluding hydrogens is 418 g/mol. The van der Waals surface area contributed by atoms with Crippen molar-refractivity contribution in [3.63, 3.8) is 0 Å². The van der Waals surface area contributed by atoms with Gasteiger partial charge in [0.1, 0.15) is 11.5 Å². The fourth-order valence-electron chi connectivity index (χ4n) is 3.61. The summed E-state index contributed by atoms with van der Waals surface area (Å²) >= 11 is 0. The van der Waals surface area contributed by atoms with Gasteiger partial charge in [0.2, 0.25) is 0 Å². The number of ketones is 1. The number of nitrogens with zero attached hydrogens (tertiary/aromatic N) is 3. The van der Waals surface area contributed by atoms with Crippen LogP contribution in [-0.4, -0.2) is 34.0 Å². The van der Waals surface area contributed by atoms with Gasteiger partial charge in [-0.2, -0.15) is 0 Å². The maximum absolute atomic E-state index is 12.2. The minimum absolute atomic E-state index is 0.0459. The number of Topliss-reactive ketones (excluding diaryl/α,β-unsaturated/α-hetero) is 1. The third-order valence-electron chi connectivity index (χ3n) is 5.56. The number of aromatic nitrogens is 3. The van der Waals surface area contributed by atoms with Gasteiger partial charge in [-0.15, -0.1) is 0 Å². The van der Waals surface area contributed by atoms with E-state index in [1.807, 2.05) is 48.9 Å². The molecule has 4 rings (SSSR count). The SMILES string of the molecule is COc1cc2c(Oc3cc(C)c(C)cc3C(C)=O)ccnc2cc1OCCCn1ccnc1. The predicted octanol–water partition coefficient (Wildman–Crippen LogP) is 5.52. The molecule has 7 heteroatoms. The van der Waals surface area contributed by atoms with Crippen LogP contribution < -0.4 is 14.2 Å². The van der Waals surface area contributed by atoms with Gasteiger partial charge in [0.15, 0.2) is 17.3 Å². The van der Waals surface area contributed by atoms with Gasteiger partial charge < -0.3 is 18.8 Å². The number of pyridine rings is 1. The molecule has 2 aromatic carbocycles. The molecule has 0 N–H and O–H groups in total. The maximum Gasteiger partial charge on any atom is 0.163 e. The molecule has 0 spiro atoms. The molecule has 4 aromatic rings. The minimum atomic E-state index is -0.0459. The highest BCUT2D eigenvalue weighted by Crippen LogP contribution is 2.38. The Balaban J connectivity index is 1.61. The highest BCUT2D eigenvalue weighted by molar-refractivity contribution is 5.97. The normalized spacial score (nSPS) is 10.9. The largest absolute Gasteiger partial charge is 0.493 e. The highest BCUT2D eigenvalue weighted by Gasteiger charge is 2.16. The lowest BCUT2D eigenvalue weighted by atomic mass is 10.0. The monoisotopic (exact) mass is 445 g/mol. The molecule has 170 valence electrons. The van der Waals surface area contributed by atoms with E-state index in [9.17, 15) is 4.79 Å². The summed E-state index contributed by atoms with van der Waals surface area (Å²) in [6.07, 6.45) is 7.98. The van der Waals surface area contributed by atoms with Gasteiger partial charge >= 0.3 is 0 Å². The smallest absolute Gasteiger partial charge is 0.163 e. The lowest BCUT2D eigenvalue weighted by Crippen LogP contribution is -2.04. The van der Waals surface area contributed by atoms with Crippen molar-refractivity contribution < 1.29 is 19.0 Å². The molecule has 7 nitrogen and oxygen atoms in total. The van der Waals surface area contributed by atoms with E-state index >= 15 is 0 Å². The van der Waals surface area contributed by atoms with Crippen LogP contribution in [0.15, 0.2) is 55.2 Å². The topological polar surface area (TPSA) is 75.5 Å². The number of aryl methyl sites for hydroxylation is 3. The van der Waals surface area contributed by atoms with Crippen molar-refractivity contribution in [1.29, 1.82) is 0 Å². The molecule has 0 saturated heterocycles. The van der Waals surface area contributed by atoms with E-state index in [1.54, 1.807) is 38.8 Å². The van der Waals surface area contributed by atoms with E-state index < -0.39 is 0 Å². The van der Waals surface area contributed by atoms with Crippen molar-refractivity contribution in [3.8, 4) is 23.0 Å². The highest BCUT2D eigenvalue weighted by atomic mass is 16.5. The van der Waals surface area contributed by atoms with Gasteiger partial charge in [-0.25, -0.2) is 4.98 Å². The van der Waals surface area contributed by atoms with Crippen molar-refractivity contribution in [2.45, 2.75) is 33.7 Å². The number of imidazole rings is 1. The fraction of sp³-hybridized carbons (Fsp3) is 0.269. The van der Waals surface area contributed by atoms with E-state index in [4.69, 9.17) is 14.2 Å². The van der Waals surface area contributed by atoms with Crippen LogP contribution in [0.5, 0.6) is 23.0 Å². The fourth-order valence-corrected chi connectivity index (χ4v) is 3.61. The van der Waals surface area contributed by atoms with Gasteiger partial charge in [-0.1, -0.05) is 0 Å². The van der Waals surface area contributed by atoms with Crippen LogP contribution >= 0.6 is 0 Å². The summed E-state index contributed by atoms with van der Waals surface area (Å²) in [5.41, 5.74) is 3.36. The van der Waals surface area contributed by atoms with Crippen LogP contribution in [-0.2, 0) is 6.54 Å². The van der Waals surface area contributed by atoms with Crippen molar-refractivity contribution >= 4 is 16.7 Å². The number of fused-ring (bicyclic) bond motifs is 1. The van der Waals surface area contributed by atoms with Gasteiger partial charge in [0.05, 0.1) is 31.1 Å². The Labute approximate surface area is 193 Å². The van der Waals surface area contributed by atoms with Crippen LogP contribution in [0.3, 0.4) is 0 Å². The molecule has 0 fully saturated rings. The number of hydrogen-bond donors (Lipinski definition) is 0. The summed E-state index contributed by atoms with van der Waals surface area (Å²) in [7, 11) is 1.60. The summed E-state index contributed by atoms with van der Waals surface area (Å²) in [5, 5.41) is 0.771.